The molecule has 116 valence electrons. The molecule has 6 heteroatoms. The van der Waals surface area contributed by atoms with Crippen molar-refractivity contribution in [1.29, 1.82) is 0 Å². The van der Waals surface area contributed by atoms with Crippen molar-refractivity contribution in [3.63, 3.8) is 0 Å². The zero-order valence-corrected chi connectivity index (χ0v) is 14.1. The van der Waals surface area contributed by atoms with E-state index >= 15 is 0 Å². The number of rotatable bonds is 6. The third kappa shape index (κ3) is 3.81. The minimum atomic E-state index is -0.355. The summed E-state index contributed by atoms with van der Waals surface area (Å²) in [6.45, 7) is 1.58. The molecule has 1 aliphatic rings. The van der Waals surface area contributed by atoms with Crippen molar-refractivity contribution >= 4 is 21.6 Å². The molecule has 0 heterocycles. The van der Waals surface area contributed by atoms with Crippen LogP contribution in [-0.4, -0.2) is 36.0 Å². The van der Waals surface area contributed by atoms with Gasteiger partial charge in [0.1, 0.15) is 0 Å². The zero-order valence-electron chi connectivity index (χ0n) is 12.6. The molecule has 1 saturated carbocycles. The van der Waals surface area contributed by atoms with E-state index in [1.54, 1.807) is 12.1 Å². The number of hydrogen-bond donors (Lipinski definition) is 1. The van der Waals surface area contributed by atoms with Crippen LogP contribution < -0.4 is 5.32 Å². The quantitative estimate of drug-likeness (QED) is 0.628. The van der Waals surface area contributed by atoms with E-state index in [2.05, 4.69) is 40.2 Å². The molecule has 1 aromatic carbocycles. The molecule has 0 aromatic heterocycles. The molecule has 0 amide bonds. The number of likely N-dealkylation sites (N-methyl/N-ethyl adjacent to an activating group) is 1. The number of halogens is 1. The predicted molar refractivity (Wildman–Crippen MR) is 87.4 cm³/mol. The van der Waals surface area contributed by atoms with Gasteiger partial charge in [-0.25, -0.2) is 0 Å². The molecule has 0 bridgehead atoms. The maximum Gasteiger partial charge on any atom is 0.283 e. The summed E-state index contributed by atoms with van der Waals surface area (Å²) in [5.41, 5.74) is 1.30. The zero-order chi connectivity index (χ0) is 15.5. The number of nitrogens with one attached hydrogen (secondary N) is 1. The van der Waals surface area contributed by atoms with Gasteiger partial charge in [0.25, 0.3) is 5.69 Å². The standard InChI is InChI=1S/C15H22BrN3O2/c1-18(2)15(7-3-4-8-15)11-17-10-12-5-6-13(16)14(9-12)19(20)21/h5-6,9,17H,3-4,7-8,10-11H2,1-2H3. The van der Waals surface area contributed by atoms with Crippen LogP contribution in [0.25, 0.3) is 0 Å². The molecule has 0 saturated heterocycles. The average Bonchev–Trinajstić information content (AvgIpc) is 2.90. The Kier molecular flexibility index (Phi) is 5.35. The van der Waals surface area contributed by atoms with E-state index in [1.165, 1.54) is 25.7 Å². The molecule has 1 aromatic rings. The Morgan fingerprint density at radius 2 is 2.05 bits per heavy atom. The van der Waals surface area contributed by atoms with Gasteiger partial charge in [-0.2, -0.15) is 0 Å². The van der Waals surface area contributed by atoms with E-state index in [4.69, 9.17) is 0 Å². The van der Waals surface area contributed by atoms with E-state index in [1.807, 2.05) is 6.07 Å². The average molecular weight is 356 g/mol. The lowest BCUT2D eigenvalue weighted by molar-refractivity contribution is -0.385. The highest BCUT2D eigenvalue weighted by Gasteiger charge is 2.35. The van der Waals surface area contributed by atoms with Crippen LogP contribution in [0.1, 0.15) is 31.2 Å². The minimum Gasteiger partial charge on any atom is -0.311 e. The van der Waals surface area contributed by atoms with Gasteiger partial charge in [-0.3, -0.25) is 10.1 Å². The van der Waals surface area contributed by atoms with Crippen LogP contribution in [-0.2, 0) is 6.54 Å². The number of nitro groups is 1. The Morgan fingerprint density at radius 3 is 2.62 bits per heavy atom. The van der Waals surface area contributed by atoms with Gasteiger partial charge < -0.3 is 10.2 Å². The van der Waals surface area contributed by atoms with Gasteiger partial charge in [0.2, 0.25) is 0 Å². The van der Waals surface area contributed by atoms with Crippen LogP contribution in [0.4, 0.5) is 5.69 Å². The molecule has 1 N–H and O–H groups in total. The molecule has 0 radical (unpaired) electrons. The second-order valence-electron chi connectivity index (χ2n) is 5.97. The van der Waals surface area contributed by atoms with Crippen LogP contribution in [0, 0.1) is 10.1 Å². The van der Waals surface area contributed by atoms with Gasteiger partial charge in [0.15, 0.2) is 0 Å². The van der Waals surface area contributed by atoms with Crippen LogP contribution in [0.3, 0.4) is 0 Å². The SMILES string of the molecule is CN(C)C1(CNCc2ccc(Br)c([N+](=O)[O-])c2)CCCC1. The summed E-state index contributed by atoms with van der Waals surface area (Å²) in [6, 6.07) is 5.29. The van der Waals surface area contributed by atoms with Crippen LogP contribution in [0.5, 0.6) is 0 Å². The summed E-state index contributed by atoms with van der Waals surface area (Å²) >= 11 is 3.21. The first-order valence-electron chi connectivity index (χ1n) is 7.26. The van der Waals surface area contributed by atoms with Crippen molar-refractivity contribution < 1.29 is 4.92 Å². The van der Waals surface area contributed by atoms with E-state index in [0.29, 0.717) is 11.0 Å². The van der Waals surface area contributed by atoms with E-state index in [-0.39, 0.29) is 16.1 Å². The maximum absolute atomic E-state index is 10.9. The van der Waals surface area contributed by atoms with Crippen molar-refractivity contribution in [2.75, 3.05) is 20.6 Å². The van der Waals surface area contributed by atoms with E-state index < -0.39 is 0 Å². The molecular weight excluding hydrogens is 334 g/mol. The van der Waals surface area contributed by atoms with Crippen LogP contribution >= 0.6 is 15.9 Å². The molecule has 5 nitrogen and oxygen atoms in total. The van der Waals surface area contributed by atoms with Crippen molar-refractivity contribution in [3.05, 3.63) is 38.3 Å². The maximum atomic E-state index is 10.9. The number of nitrogens with zero attached hydrogens (tertiary/aromatic N) is 2. The van der Waals surface area contributed by atoms with Gasteiger partial charge in [0, 0.05) is 24.7 Å². The Balaban J connectivity index is 1.97. The van der Waals surface area contributed by atoms with Gasteiger partial charge in [0.05, 0.1) is 9.40 Å². The number of hydrogen-bond acceptors (Lipinski definition) is 4. The fourth-order valence-corrected chi connectivity index (χ4v) is 3.45. The first kappa shape index (κ1) is 16.4. The lowest BCUT2D eigenvalue weighted by atomic mass is 9.96. The van der Waals surface area contributed by atoms with E-state index in [9.17, 15) is 10.1 Å². The fraction of sp³-hybridized carbons (Fsp3) is 0.600. The van der Waals surface area contributed by atoms with Crippen molar-refractivity contribution in [3.8, 4) is 0 Å². The summed E-state index contributed by atoms with van der Waals surface area (Å²) in [4.78, 5) is 12.9. The Hall–Kier alpha value is -0.980. The number of benzene rings is 1. The van der Waals surface area contributed by atoms with E-state index in [0.717, 1.165) is 12.1 Å². The van der Waals surface area contributed by atoms with Gasteiger partial charge in [-0.1, -0.05) is 18.9 Å². The molecule has 0 aliphatic heterocycles. The Morgan fingerprint density at radius 1 is 1.38 bits per heavy atom. The Bertz CT molecular complexity index is 514. The second kappa shape index (κ2) is 6.85. The van der Waals surface area contributed by atoms with Gasteiger partial charge in [-0.05, 0) is 54.5 Å². The highest BCUT2D eigenvalue weighted by Crippen LogP contribution is 2.33. The fourth-order valence-electron chi connectivity index (χ4n) is 3.06. The third-order valence-corrected chi connectivity index (χ3v) is 5.14. The number of nitro benzene ring substituents is 1. The topological polar surface area (TPSA) is 58.4 Å². The summed E-state index contributed by atoms with van der Waals surface area (Å²) in [5.74, 6) is 0. The van der Waals surface area contributed by atoms with Crippen LogP contribution in [0.15, 0.2) is 22.7 Å². The van der Waals surface area contributed by atoms with Crippen molar-refractivity contribution in [1.82, 2.24) is 10.2 Å². The van der Waals surface area contributed by atoms with Crippen molar-refractivity contribution in [2.24, 2.45) is 0 Å². The molecule has 21 heavy (non-hydrogen) atoms. The Labute approximate surface area is 134 Å². The molecule has 2 rings (SSSR count). The third-order valence-electron chi connectivity index (χ3n) is 4.47. The molecular formula is C15H22BrN3O2. The molecule has 1 fully saturated rings. The second-order valence-corrected chi connectivity index (χ2v) is 6.83. The molecule has 0 spiro atoms. The normalized spacial score (nSPS) is 17.3. The lowest BCUT2D eigenvalue weighted by Crippen LogP contribution is -2.49. The summed E-state index contributed by atoms with van der Waals surface area (Å²) in [7, 11) is 4.27. The summed E-state index contributed by atoms with van der Waals surface area (Å²) in [5, 5.41) is 14.4. The largest absolute Gasteiger partial charge is 0.311 e. The summed E-state index contributed by atoms with van der Waals surface area (Å²) in [6.07, 6.45) is 4.99. The predicted octanol–water partition coefficient (Wildman–Crippen LogP) is 3.32. The van der Waals surface area contributed by atoms with Gasteiger partial charge >= 0.3 is 0 Å². The monoisotopic (exact) mass is 355 g/mol. The molecule has 1 aliphatic carbocycles. The molecule has 0 unspecified atom stereocenters. The highest BCUT2D eigenvalue weighted by molar-refractivity contribution is 9.10. The first-order chi connectivity index (χ1) is 9.94. The first-order valence-corrected chi connectivity index (χ1v) is 8.05. The lowest BCUT2D eigenvalue weighted by Gasteiger charge is -2.36. The van der Waals surface area contributed by atoms with Crippen LogP contribution in [0.2, 0.25) is 0 Å². The highest BCUT2D eigenvalue weighted by atomic mass is 79.9. The van der Waals surface area contributed by atoms with Gasteiger partial charge in [-0.15, -0.1) is 0 Å². The molecule has 0 atom stereocenters. The minimum absolute atomic E-state index is 0.123. The van der Waals surface area contributed by atoms with Crippen molar-refractivity contribution in [2.45, 2.75) is 37.8 Å². The summed E-state index contributed by atoms with van der Waals surface area (Å²) < 4.78 is 0.525. The smallest absolute Gasteiger partial charge is 0.283 e.